The Morgan fingerprint density at radius 3 is 2.50 bits per heavy atom. The monoisotopic (exact) mass is 211 g/mol. The molecule has 0 bridgehead atoms. The minimum Gasteiger partial charge on any atom is -0.383 e. The van der Waals surface area contributed by atoms with Crippen molar-refractivity contribution < 1.29 is 0 Å². The molecule has 1 nitrogen and oxygen atoms in total. The van der Waals surface area contributed by atoms with Crippen LogP contribution in [0.1, 0.15) is 20.8 Å². The van der Waals surface area contributed by atoms with E-state index in [-0.39, 0.29) is 0 Å². The van der Waals surface area contributed by atoms with Gasteiger partial charge in [-0.3, -0.25) is 0 Å². The molecule has 0 aromatic heterocycles. The number of hydrogen-bond donors (Lipinski definition) is 1. The Balaban J connectivity index is 4.12. The van der Waals surface area contributed by atoms with E-state index in [0.717, 1.165) is 17.0 Å². The number of thioether (sulfide) groups is 1. The molecule has 0 rings (SSSR count). The third kappa shape index (κ3) is 6.84. The standard InChI is InChI=1S/C12H21NS/c1-6-12(13-10(2)3)8-7-11(4)9-14-5/h6-8,10,13H,4,9H2,1-3,5H3/b8-7-,12-6+. The van der Waals surface area contributed by atoms with Gasteiger partial charge in [-0.2, -0.15) is 11.8 Å². The summed E-state index contributed by atoms with van der Waals surface area (Å²) >= 11 is 1.79. The molecule has 0 atom stereocenters. The highest BCUT2D eigenvalue weighted by Gasteiger charge is 1.93. The van der Waals surface area contributed by atoms with Crippen molar-refractivity contribution in [3.63, 3.8) is 0 Å². The van der Waals surface area contributed by atoms with Gasteiger partial charge in [-0.05, 0) is 38.7 Å². The summed E-state index contributed by atoms with van der Waals surface area (Å²) in [5, 5.41) is 3.35. The molecule has 0 aliphatic rings. The summed E-state index contributed by atoms with van der Waals surface area (Å²) in [6.45, 7) is 10.3. The first-order valence-electron chi connectivity index (χ1n) is 4.87. The third-order valence-corrected chi connectivity index (χ3v) is 2.25. The summed E-state index contributed by atoms with van der Waals surface area (Å²) in [6, 6.07) is 0.472. The van der Waals surface area contributed by atoms with Crippen LogP contribution in [0.2, 0.25) is 0 Å². The molecular weight excluding hydrogens is 190 g/mol. The topological polar surface area (TPSA) is 12.0 Å². The normalized spacial score (nSPS) is 12.5. The van der Waals surface area contributed by atoms with Gasteiger partial charge >= 0.3 is 0 Å². The second-order valence-electron chi connectivity index (χ2n) is 3.47. The van der Waals surface area contributed by atoms with Gasteiger partial charge in [0.15, 0.2) is 0 Å². The van der Waals surface area contributed by atoms with E-state index in [1.807, 2.05) is 6.92 Å². The van der Waals surface area contributed by atoms with Crippen molar-refractivity contribution in [3.05, 3.63) is 36.1 Å². The molecule has 0 unspecified atom stereocenters. The Hall–Kier alpha value is -0.630. The summed E-state index contributed by atoms with van der Waals surface area (Å²) < 4.78 is 0. The van der Waals surface area contributed by atoms with E-state index in [4.69, 9.17) is 0 Å². The zero-order valence-corrected chi connectivity index (χ0v) is 10.4. The van der Waals surface area contributed by atoms with Crippen molar-refractivity contribution in [1.29, 1.82) is 0 Å². The Labute approximate surface area is 92.4 Å². The SMILES string of the molecule is C=C(/C=C\C(=C/C)NC(C)C)CSC. The molecule has 0 fully saturated rings. The molecule has 0 aromatic carbocycles. The average Bonchev–Trinajstić information content (AvgIpc) is 2.12. The number of hydrogen-bond acceptors (Lipinski definition) is 2. The van der Waals surface area contributed by atoms with Crippen LogP contribution in [0.15, 0.2) is 36.1 Å². The van der Waals surface area contributed by atoms with Crippen LogP contribution in [0.5, 0.6) is 0 Å². The first kappa shape index (κ1) is 13.4. The minimum atomic E-state index is 0.472. The van der Waals surface area contributed by atoms with Crippen molar-refractivity contribution in [3.8, 4) is 0 Å². The predicted molar refractivity (Wildman–Crippen MR) is 68.7 cm³/mol. The van der Waals surface area contributed by atoms with E-state index in [9.17, 15) is 0 Å². The summed E-state index contributed by atoms with van der Waals surface area (Å²) in [5.41, 5.74) is 2.31. The summed E-state index contributed by atoms with van der Waals surface area (Å²) in [6.07, 6.45) is 8.31. The fraction of sp³-hybridized carbons (Fsp3) is 0.500. The highest BCUT2D eigenvalue weighted by atomic mass is 32.2. The van der Waals surface area contributed by atoms with Gasteiger partial charge in [0.25, 0.3) is 0 Å². The number of allylic oxidation sites excluding steroid dienone is 3. The molecule has 80 valence electrons. The molecule has 0 spiro atoms. The van der Waals surface area contributed by atoms with E-state index < -0.39 is 0 Å². The van der Waals surface area contributed by atoms with E-state index in [2.05, 4.69) is 50.2 Å². The van der Waals surface area contributed by atoms with Crippen LogP contribution in [0.3, 0.4) is 0 Å². The van der Waals surface area contributed by atoms with Crippen LogP contribution >= 0.6 is 11.8 Å². The van der Waals surface area contributed by atoms with Crippen LogP contribution < -0.4 is 5.32 Å². The third-order valence-electron chi connectivity index (χ3n) is 1.59. The smallest absolute Gasteiger partial charge is 0.0298 e. The van der Waals surface area contributed by atoms with Crippen LogP contribution in [0.25, 0.3) is 0 Å². The van der Waals surface area contributed by atoms with E-state index in [1.54, 1.807) is 11.8 Å². The molecule has 0 radical (unpaired) electrons. The highest BCUT2D eigenvalue weighted by molar-refractivity contribution is 7.98. The molecule has 1 N–H and O–H groups in total. The van der Waals surface area contributed by atoms with Crippen molar-refractivity contribution >= 4 is 11.8 Å². The van der Waals surface area contributed by atoms with E-state index >= 15 is 0 Å². The summed E-state index contributed by atoms with van der Waals surface area (Å²) in [5.74, 6) is 0.995. The first-order valence-corrected chi connectivity index (χ1v) is 6.27. The van der Waals surface area contributed by atoms with Gasteiger partial charge in [0.05, 0.1) is 0 Å². The van der Waals surface area contributed by atoms with E-state index in [1.165, 1.54) is 0 Å². The van der Waals surface area contributed by atoms with E-state index in [0.29, 0.717) is 6.04 Å². The van der Waals surface area contributed by atoms with Gasteiger partial charge in [0.1, 0.15) is 0 Å². The molecule has 2 heteroatoms. The Morgan fingerprint density at radius 1 is 1.43 bits per heavy atom. The maximum absolute atomic E-state index is 3.97. The molecule has 0 aliphatic heterocycles. The van der Waals surface area contributed by atoms with Gasteiger partial charge in [0, 0.05) is 17.5 Å². The maximum atomic E-state index is 3.97. The lowest BCUT2D eigenvalue weighted by Gasteiger charge is -2.10. The van der Waals surface area contributed by atoms with Crippen molar-refractivity contribution in [1.82, 2.24) is 5.32 Å². The van der Waals surface area contributed by atoms with Crippen LogP contribution in [0.4, 0.5) is 0 Å². The largest absolute Gasteiger partial charge is 0.383 e. The Bertz CT molecular complexity index is 226. The lowest BCUT2D eigenvalue weighted by Crippen LogP contribution is -2.20. The molecule has 0 saturated carbocycles. The Morgan fingerprint density at radius 2 is 2.07 bits per heavy atom. The molecule has 0 heterocycles. The van der Waals surface area contributed by atoms with Crippen LogP contribution in [0, 0.1) is 0 Å². The maximum Gasteiger partial charge on any atom is 0.0298 e. The average molecular weight is 211 g/mol. The molecule has 0 amide bonds. The van der Waals surface area contributed by atoms with Gasteiger partial charge in [0.2, 0.25) is 0 Å². The van der Waals surface area contributed by atoms with Gasteiger partial charge < -0.3 is 5.32 Å². The zero-order chi connectivity index (χ0) is 11.0. The minimum absolute atomic E-state index is 0.472. The number of rotatable bonds is 6. The molecule has 0 aromatic rings. The first-order chi connectivity index (χ1) is 6.60. The van der Waals surface area contributed by atoms with Crippen LogP contribution in [-0.4, -0.2) is 18.1 Å². The highest BCUT2D eigenvalue weighted by Crippen LogP contribution is 2.04. The van der Waals surface area contributed by atoms with Crippen molar-refractivity contribution in [2.75, 3.05) is 12.0 Å². The molecule has 14 heavy (non-hydrogen) atoms. The van der Waals surface area contributed by atoms with Gasteiger partial charge in [-0.25, -0.2) is 0 Å². The predicted octanol–water partition coefficient (Wildman–Crippen LogP) is 3.36. The number of nitrogens with one attached hydrogen (secondary N) is 1. The molecular formula is C12H21NS. The van der Waals surface area contributed by atoms with Gasteiger partial charge in [-0.15, -0.1) is 0 Å². The zero-order valence-electron chi connectivity index (χ0n) is 9.63. The van der Waals surface area contributed by atoms with Crippen molar-refractivity contribution in [2.45, 2.75) is 26.8 Å². The summed E-state index contributed by atoms with van der Waals surface area (Å²) in [4.78, 5) is 0. The second kappa shape index (κ2) is 7.74. The lowest BCUT2D eigenvalue weighted by atomic mass is 10.2. The fourth-order valence-corrected chi connectivity index (χ4v) is 1.47. The lowest BCUT2D eigenvalue weighted by molar-refractivity contribution is 0.680. The molecule has 0 aliphatic carbocycles. The van der Waals surface area contributed by atoms with Gasteiger partial charge in [-0.1, -0.05) is 18.7 Å². The molecule has 0 saturated heterocycles. The fourth-order valence-electron chi connectivity index (χ4n) is 1.00. The Kier molecular flexibility index (Phi) is 7.40. The van der Waals surface area contributed by atoms with Crippen LogP contribution in [-0.2, 0) is 0 Å². The quantitative estimate of drug-likeness (QED) is 0.676. The van der Waals surface area contributed by atoms with Crippen molar-refractivity contribution in [2.24, 2.45) is 0 Å². The second-order valence-corrected chi connectivity index (χ2v) is 4.33. The summed E-state index contributed by atoms with van der Waals surface area (Å²) in [7, 11) is 0.